The fourth-order valence-electron chi connectivity index (χ4n) is 2.19. The Hall–Kier alpha value is -1.13. The quantitative estimate of drug-likeness (QED) is 0.734. The normalized spacial score (nSPS) is 18.4. The van der Waals surface area contributed by atoms with E-state index >= 15 is 0 Å². The van der Waals surface area contributed by atoms with Crippen LogP contribution in [0.1, 0.15) is 30.3 Å². The van der Waals surface area contributed by atoms with Crippen LogP contribution in [0.25, 0.3) is 0 Å². The highest BCUT2D eigenvalue weighted by molar-refractivity contribution is 5.94. The van der Waals surface area contributed by atoms with Crippen LogP contribution < -0.4 is 0 Å². The molecule has 94 valence electrons. The van der Waals surface area contributed by atoms with Gasteiger partial charge < -0.3 is 9.15 Å². The van der Waals surface area contributed by atoms with Gasteiger partial charge in [-0.1, -0.05) is 0 Å². The average molecular weight is 237 g/mol. The molecule has 4 heteroatoms. The van der Waals surface area contributed by atoms with Gasteiger partial charge in [-0.2, -0.15) is 0 Å². The summed E-state index contributed by atoms with van der Waals surface area (Å²) in [6.45, 7) is 5.10. The largest absolute Gasteiger partial charge is 0.461 e. The number of hydrogen-bond donors (Lipinski definition) is 0. The molecule has 0 spiro atoms. The standard InChI is InChI=1S/C13H19NO3/c1-2-16-11-5-7-14(8-6-11)10-12(15)13-4-3-9-17-13/h3-4,9,11H,2,5-8,10H2,1H3. The Balaban J connectivity index is 1.76. The van der Waals surface area contributed by atoms with Crippen molar-refractivity contribution >= 4 is 5.78 Å². The first-order valence-corrected chi connectivity index (χ1v) is 6.20. The van der Waals surface area contributed by atoms with Crippen LogP contribution in [-0.2, 0) is 4.74 Å². The lowest BCUT2D eigenvalue weighted by Gasteiger charge is -2.30. The van der Waals surface area contributed by atoms with Gasteiger partial charge in [0, 0.05) is 19.7 Å². The van der Waals surface area contributed by atoms with Gasteiger partial charge in [0.15, 0.2) is 5.76 Å². The third kappa shape index (κ3) is 3.41. The summed E-state index contributed by atoms with van der Waals surface area (Å²) in [6, 6.07) is 3.46. The number of carbonyl (C=O) groups is 1. The fourth-order valence-corrected chi connectivity index (χ4v) is 2.19. The van der Waals surface area contributed by atoms with Crippen LogP contribution in [0.5, 0.6) is 0 Å². The Labute approximate surface area is 102 Å². The van der Waals surface area contributed by atoms with Crippen molar-refractivity contribution in [1.82, 2.24) is 4.90 Å². The van der Waals surface area contributed by atoms with Crippen LogP contribution in [0, 0.1) is 0 Å². The maximum atomic E-state index is 11.8. The Bertz CT molecular complexity index is 340. The molecule has 2 rings (SSSR count). The van der Waals surface area contributed by atoms with E-state index in [0.29, 0.717) is 18.4 Å². The molecule has 1 aromatic rings. The number of ketones is 1. The van der Waals surface area contributed by atoms with Crippen LogP contribution in [0.15, 0.2) is 22.8 Å². The van der Waals surface area contributed by atoms with Gasteiger partial charge in [0.25, 0.3) is 0 Å². The average Bonchev–Trinajstić information content (AvgIpc) is 2.86. The predicted molar refractivity (Wildman–Crippen MR) is 64.1 cm³/mol. The van der Waals surface area contributed by atoms with E-state index in [1.54, 1.807) is 12.1 Å². The summed E-state index contributed by atoms with van der Waals surface area (Å²) < 4.78 is 10.7. The van der Waals surface area contributed by atoms with Crippen LogP contribution in [0.4, 0.5) is 0 Å². The van der Waals surface area contributed by atoms with Crippen molar-refractivity contribution in [2.45, 2.75) is 25.9 Å². The summed E-state index contributed by atoms with van der Waals surface area (Å²) in [7, 11) is 0. The van der Waals surface area contributed by atoms with E-state index in [2.05, 4.69) is 4.90 Å². The molecule has 0 N–H and O–H groups in total. The second-order valence-electron chi connectivity index (χ2n) is 4.33. The first kappa shape index (κ1) is 12.3. The van der Waals surface area contributed by atoms with Crippen molar-refractivity contribution < 1.29 is 13.9 Å². The zero-order valence-electron chi connectivity index (χ0n) is 10.2. The van der Waals surface area contributed by atoms with E-state index in [4.69, 9.17) is 9.15 Å². The highest BCUT2D eigenvalue weighted by atomic mass is 16.5. The molecule has 1 aliphatic rings. The molecule has 1 aliphatic heterocycles. The van der Waals surface area contributed by atoms with E-state index in [1.165, 1.54) is 6.26 Å². The number of hydrogen-bond acceptors (Lipinski definition) is 4. The molecule has 17 heavy (non-hydrogen) atoms. The zero-order valence-corrected chi connectivity index (χ0v) is 10.2. The number of nitrogens with zero attached hydrogens (tertiary/aromatic N) is 1. The molecule has 0 unspecified atom stereocenters. The summed E-state index contributed by atoms with van der Waals surface area (Å²) in [5, 5.41) is 0. The minimum atomic E-state index is 0.0601. The van der Waals surface area contributed by atoms with Crippen molar-refractivity contribution in [1.29, 1.82) is 0 Å². The van der Waals surface area contributed by atoms with Crippen LogP contribution >= 0.6 is 0 Å². The molecule has 1 aromatic heterocycles. The van der Waals surface area contributed by atoms with E-state index in [0.717, 1.165) is 32.5 Å². The van der Waals surface area contributed by atoms with Crippen LogP contribution in [0.2, 0.25) is 0 Å². The Morgan fingerprint density at radius 1 is 1.53 bits per heavy atom. The van der Waals surface area contributed by atoms with Crippen molar-refractivity contribution in [3.63, 3.8) is 0 Å². The van der Waals surface area contributed by atoms with Gasteiger partial charge in [-0.15, -0.1) is 0 Å². The van der Waals surface area contributed by atoms with E-state index in [9.17, 15) is 4.79 Å². The van der Waals surface area contributed by atoms with Crippen molar-refractivity contribution in [2.75, 3.05) is 26.2 Å². The predicted octanol–water partition coefficient (Wildman–Crippen LogP) is 1.96. The van der Waals surface area contributed by atoms with Gasteiger partial charge in [0.05, 0.1) is 18.9 Å². The van der Waals surface area contributed by atoms with Crippen molar-refractivity contribution in [3.8, 4) is 0 Å². The van der Waals surface area contributed by atoms with Gasteiger partial charge in [0.1, 0.15) is 0 Å². The maximum Gasteiger partial charge on any atom is 0.211 e. The number of furan rings is 1. The molecular formula is C13H19NO3. The molecule has 0 atom stereocenters. The van der Waals surface area contributed by atoms with Gasteiger partial charge >= 0.3 is 0 Å². The SMILES string of the molecule is CCOC1CCN(CC(=O)c2ccco2)CC1. The van der Waals surface area contributed by atoms with Gasteiger partial charge in [-0.3, -0.25) is 9.69 Å². The van der Waals surface area contributed by atoms with Gasteiger partial charge in [-0.05, 0) is 31.9 Å². The molecule has 2 heterocycles. The highest BCUT2D eigenvalue weighted by Gasteiger charge is 2.21. The Morgan fingerprint density at radius 3 is 2.88 bits per heavy atom. The van der Waals surface area contributed by atoms with Crippen molar-refractivity contribution in [2.24, 2.45) is 0 Å². The lowest BCUT2D eigenvalue weighted by Crippen LogP contribution is -2.39. The highest BCUT2D eigenvalue weighted by Crippen LogP contribution is 2.14. The molecule has 0 saturated carbocycles. The topological polar surface area (TPSA) is 42.7 Å². The molecular weight excluding hydrogens is 218 g/mol. The fraction of sp³-hybridized carbons (Fsp3) is 0.615. The third-order valence-corrected chi connectivity index (χ3v) is 3.10. The molecule has 0 bridgehead atoms. The second kappa shape index (κ2) is 5.98. The molecule has 0 radical (unpaired) electrons. The first-order valence-electron chi connectivity index (χ1n) is 6.20. The summed E-state index contributed by atoms with van der Waals surface area (Å²) >= 11 is 0. The third-order valence-electron chi connectivity index (χ3n) is 3.10. The second-order valence-corrected chi connectivity index (χ2v) is 4.33. The molecule has 0 aromatic carbocycles. The minimum Gasteiger partial charge on any atom is -0.461 e. The molecule has 4 nitrogen and oxygen atoms in total. The number of carbonyl (C=O) groups excluding carboxylic acids is 1. The van der Waals surface area contributed by atoms with E-state index < -0.39 is 0 Å². The lowest BCUT2D eigenvalue weighted by atomic mass is 10.1. The summed E-state index contributed by atoms with van der Waals surface area (Å²) in [5.74, 6) is 0.516. The number of ether oxygens (including phenoxy) is 1. The smallest absolute Gasteiger partial charge is 0.211 e. The molecule has 1 saturated heterocycles. The molecule has 0 amide bonds. The van der Waals surface area contributed by atoms with Crippen molar-refractivity contribution in [3.05, 3.63) is 24.2 Å². The monoisotopic (exact) mass is 237 g/mol. The van der Waals surface area contributed by atoms with Gasteiger partial charge in [0.2, 0.25) is 5.78 Å². The lowest BCUT2D eigenvalue weighted by molar-refractivity contribution is 0.0145. The summed E-state index contributed by atoms with van der Waals surface area (Å²) in [4.78, 5) is 14.0. The Morgan fingerprint density at radius 2 is 2.29 bits per heavy atom. The number of likely N-dealkylation sites (tertiary alicyclic amines) is 1. The van der Waals surface area contributed by atoms with E-state index in [-0.39, 0.29) is 5.78 Å². The molecule has 0 aliphatic carbocycles. The van der Waals surface area contributed by atoms with Crippen LogP contribution in [-0.4, -0.2) is 43.0 Å². The summed E-state index contributed by atoms with van der Waals surface area (Å²) in [6.07, 6.45) is 3.93. The first-order chi connectivity index (χ1) is 8.29. The number of Topliss-reactive ketones (excluding diaryl/α,β-unsaturated/α-hetero) is 1. The number of piperidine rings is 1. The minimum absolute atomic E-state index is 0.0601. The van der Waals surface area contributed by atoms with Crippen LogP contribution in [0.3, 0.4) is 0 Å². The number of rotatable bonds is 5. The zero-order chi connectivity index (χ0) is 12.1. The summed E-state index contributed by atoms with van der Waals surface area (Å²) in [5.41, 5.74) is 0. The molecule has 1 fully saturated rings. The Kier molecular flexibility index (Phi) is 4.34. The van der Waals surface area contributed by atoms with Gasteiger partial charge in [-0.25, -0.2) is 0 Å². The maximum absolute atomic E-state index is 11.8. The van der Waals surface area contributed by atoms with E-state index in [1.807, 2.05) is 6.92 Å².